The standard InChI is InChI=1S/C13H22N2O4S/c16-12(14-11-6-9-20(18,19)10-11)5-8-15-7-3-1-2-4-13(15)17/h11H,1-10H2,(H,14,16)/t11-/m0/s1. The van der Waals surface area contributed by atoms with Crippen molar-refractivity contribution in [1.29, 1.82) is 0 Å². The van der Waals surface area contributed by atoms with Crippen LogP contribution in [0.15, 0.2) is 0 Å². The van der Waals surface area contributed by atoms with Gasteiger partial charge in [0.1, 0.15) is 0 Å². The molecule has 7 heteroatoms. The number of hydrogen-bond acceptors (Lipinski definition) is 4. The molecule has 0 aromatic carbocycles. The molecular formula is C13H22N2O4S. The van der Waals surface area contributed by atoms with Gasteiger partial charge >= 0.3 is 0 Å². The van der Waals surface area contributed by atoms with Crippen LogP contribution in [-0.2, 0) is 19.4 Å². The van der Waals surface area contributed by atoms with Gasteiger partial charge in [0.2, 0.25) is 11.8 Å². The Hall–Kier alpha value is -1.11. The molecule has 0 spiro atoms. The number of rotatable bonds is 4. The minimum absolute atomic E-state index is 0.0430. The van der Waals surface area contributed by atoms with E-state index in [9.17, 15) is 18.0 Å². The van der Waals surface area contributed by atoms with E-state index in [0.29, 0.717) is 19.4 Å². The van der Waals surface area contributed by atoms with Gasteiger partial charge in [-0.15, -0.1) is 0 Å². The summed E-state index contributed by atoms with van der Waals surface area (Å²) >= 11 is 0. The van der Waals surface area contributed by atoms with Crippen LogP contribution < -0.4 is 5.32 Å². The second-order valence-corrected chi connectivity index (χ2v) is 7.84. The van der Waals surface area contributed by atoms with Crippen molar-refractivity contribution in [2.75, 3.05) is 24.6 Å². The van der Waals surface area contributed by atoms with Gasteiger partial charge in [-0.3, -0.25) is 9.59 Å². The van der Waals surface area contributed by atoms with E-state index < -0.39 is 9.84 Å². The second kappa shape index (κ2) is 6.56. The Morgan fingerprint density at radius 2 is 2.10 bits per heavy atom. The Kier molecular flexibility index (Phi) is 5.01. The number of likely N-dealkylation sites (tertiary alicyclic amines) is 1. The first-order valence-electron chi connectivity index (χ1n) is 7.24. The van der Waals surface area contributed by atoms with Crippen molar-refractivity contribution >= 4 is 21.7 Å². The van der Waals surface area contributed by atoms with Gasteiger partial charge in [0.15, 0.2) is 9.84 Å². The largest absolute Gasteiger partial charge is 0.352 e. The van der Waals surface area contributed by atoms with E-state index in [4.69, 9.17) is 0 Å². The van der Waals surface area contributed by atoms with Crippen LogP contribution in [-0.4, -0.2) is 55.8 Å². The molecule has 0 aromatic heterocycles. The summed E-state index contributed by atoms with van der Waals surface area (Å²) in [5.74, 6) is 0.159. The zero-order valence-electron chi connectivity index (χ0n) is 11.6. The molecular weight excluding hydrogens is 280 g/mol. The van der Waals surface area contributed by atoms with E-state index >= 15 is 0 Å². The van der Waals surface area contributed by atoms with Crippen molar-refractivity contribution in [2.45, 2.75) is 44.6 Å². The molecule has 2 aliphatic heterocycles. The fraction of sp³-hybridized carbons (Fsp3) is 0.846. The summed E-state index contributed by atoms with van der Waals surface area (Å²) < 4.78 is 22.6. The summed E-state index contributed by atoms with van der Waals surface area (Å²) in [4.78, 5) is 25.3. The summed E-state index contributed by atoms with van der Waals surface area (Å²) in [7, 11) is -2.97. The Labute approximate surface area is 119 Å². The SMILES string of the molecule is O=C(CCN1CCCCCC1=O)N[C@H]1CCS(=O)(=O)C1. The third kappa shape index (κ3) is 4.47. The lowest BCUT2D eigenvalue weighted by Crippen LogP contribution is -2.39. The maximum Gasteiger partial charge on any atom is 0.222 e. The third-order valence-electron chi connectivity index (χ3n) is 3.88. The first kappa shape index (κ1) is 15.3. The van der Waals surface area contributed by atoms with Gasteiger partial charge in [-0.25, -0.2) is 8.42 Å². The summed E-state index contributed by atoms with van der Waals surface area (Å²) in [6.07, 6.45) is 4.31. The van der Waals surface area contributed by atoms with Gasteiger partial charge < -0.3 is 10.2 Å². The van der Waals surface area contributed by atoms with Gasteiger partial charge in [-0.05, 0) is 19.3 Å². The average Bonchev–Trinajstić information content (AvgIpc) is 2.58. The molecule has 1 atom stereocenters. The van der Waals surface area contributed by atoms with Gasteiger partial charge in [0.25, 0.3) is 0 Å². The molecule has 0 unspecified atom stereocenters. The lowest BCUT2D eigenvalue weighted by atomic mass is 10.2. The van der Waals surface area contributed by atoms with Gasteiger partial charge in [-0.1, -0.05) is 6.42 Å². The van der Waals surface area contributed by atoms with Crippen LogP contribution in [0.25, 0.3) is 0 Å². The summed E-state index contributed by atoms with van der Waals surface area (Å²) in [5.41, 5.74) is 0. The molecule has 2 amide bonds. The molecule has 0 aliphatic carbocycles. The van der Waals surface area contributed by atoms with Crippen LogP contribution >= 0.6 is 0 Å². The average molecular weight is 302 g/mol. The first-order chi connectivity index (χ1) is 9.46. The van der Waals surface area contributed by atoms with E-state index in [1.54, 1.807) is 4.90 Å². The van der Waals surface area contributed by atoms with Gasteiger partial charge in [0.05, 0.1) is 11.5 Å². The van der Waals surface area contributed by atoms with Gasteiger partial charge in [-0.2, -0.15) is 0 Å². The third-order valence-corrected chi connectivity index (χ3v) is 5.65. The molecule has 1 N–H and O–H groups in total. The molecule has 20 heavy (non-hydrogen) atoms. The van der Waals surface area contributed by atoms with Crippen LogP contribution in [0.1, 0.15) is 38.5 Å². The number of carbonyl (C=O) groups excluding carboxylic acids is 2. The number of hydrogen-bond donors (Lipinski definition) is 1. The second-order valence-electron chi connectivity index (χ2n) is 5.61. The summed E-state index contributed by atoms with van der Waals surface area (Å²) in [6, 6.07) is -0.257. The molecule has 2 rings (SSSR count). The van der Waals surface area contributed by atoms with Crippen molar-refractivity contribution in [3.8, 4) is 0 Å². The van der Waals surface area contributed by atoms with E-state index in [1.165, 1.54) is 0 Å². The molecule has 0 aromatic rings. The fourth-order valence-corrected chi connectivity index (χ4v) is 4.39. The Balaban J connectivity index is 1.73. The van der Waals surface area contributed by atoms with Crippen LogP contribution in [0.4, 0.5) is 0 Å². The summed E-state index contributed by atoms with van der Waals surface area (Å²) in [5, 5.41) is 2.75. The summed E-state index contributed by atoms with van der Waals surface area (Å²) in [6.45, 7) is 1.16. The zero-order valence-corrected chi connectivity index (χ0v) is 12.5. The smallest absolute Gasteiger partial charge is 0.222 e. The number of nitrogens with one attached hydrogen (secondary N) is 1. The highest BCUT2D eigenvalue weighted by atomic mass is 32.2. The van der Waals surface area contributed by atoms with Crippen molar-refractivity contribution in [3.05, 3.63) is 0 Å². The van der Waals surface area contributed by atoms with Crippen molar-refractivity contribution in [1.82, 2.24) is 10.2 Å². The maximum absolute atomic E-state index is 11.8. The van der Waals surface area contributed by atoms with Crippen LogP contribution in [0.2, 0.25) is 0 Å². The van der Waals surface area contributed by atoms with E-state index in [-0.39, 0.29) is 35.8 Å². The predicted octanol–water partition coefficient (Wildman–Crippen LogP) is 0.0824. The molecule has 0 bridgehead atoms. The Morgan fingerprint density at radius 1 is 1.30 bits per heavy atom. The van der Waals surface area contributed by atoms with Crippen molar-refractivity contribution in [3.63, 3.8) is 0 Å². The molecule has 0 radical (unpaired) electrons. The Morgan fingerprint density at radius 3 is 2.80 bits per heavy atom. The molecule has 2 fully saturated rings. The van der Waals surface area contributed by atoms with E-state index in [2.05, 4.69) is 5.32 Å². The highest BCUT2D eigenvalue weighted by Gasteiger charge is 2.29. The number of nitrogens with zero attached hydrogens (tertiary/aromatic N) is 1. The predicted molar refractivity (Wildman–Crippen MR) is 74.9 cm³/mol. The minimum atomic E-state index is -2.97. The van der Waals surface area contributed by atoms with E-state index in [1.807, 2.05) is 0 Å². The zero-order chi connectivity index (χ0) is 14.6. The fourth-order valence-electron chi connectivity index (χ4n) is 2.72. The molecule has 2 saturated heterocycles. The number of amides is 2. The van der Waals surface area contributed by atoms with Crippen LogP contribution in [0.5, 0.6) is 0 Å². The molecule has 2 heterocycles. The van der Waals surface area contributed by atoms with Crippen LogP contribution in [0.3, 0.4) is 0 Å². The lowest BCUT2D eigenvalue weighted by Gasteiger charge is -2.20. The van der Waals surface area contributed by atoms with Crippen LogP contribution in [0, 0.1) is 0 Å². The number of carbonyl (C=O) groups is 2. The van der Waals surface area contributed by atoms with Crippen molar-refractivity contribution < 1.29 is 18.0 Å². The normalized spacial score (nSPS) is 26.3. The maximum atomic E-state index is 11.8. The highest BCUT2D eigenvalue weighted by Crippen LogP contribution is 2.13. The lowest BCUT2D eigenvalue weighted by molar-refractivity contribution is -0.131. The van der Waals surface area contributed by atoms with Gasteiger partial charge in [0, 0.05) is 32.0 Å². The van der Waals surface area contributed by atoms with Crippen molar-refractivity contribution in [2.24, 2.45) is 0 Å². The van der Waals surface area contributed by atoms with E-state index in [0.717, 1.165) is 25.8 Å². The number of sulfone groups is 1. The molecule has 2 aliphatic rings. The monoisotopic (exact) mass is 302 g/mol. The highest BCUT2D eigenvalue weighted by molar-refractivity contribution is 7.91. The molecule has 114 valence electrons. The quantitative estimate of drug-likeness (QED) is 0.797. The minimum Gasteiger partial charge on any atom is -0.352 e. The molecule has 6 nitrogen and oxygen atoms in total. The first-order valence-corrected chi connectivity index (χ1v) is 9.06. The Bertz CT molecular complexity index is 475. The molecule has 0 saturated carbocycles. The topological polar surface area (TPSA) is 83.6 Å².